The third-order valence-electron chi connectivity index (χ3n) is 6.07. The van der Waals surface area contributed by atoms with Gasteiger partial charge in [0.15, 0.2) is 0 Å². The molecule has 0 spiro atoms. The smallest absolute Gasteiger partial charge is 0.399 e. The van der Waals surface area contributed by atoms with Crippen LogP contribution >= 0.6 is 0 Å². The zero-order valence-electron chi connectivity index (χ0n) is 16.7. The summed E-state index contributed by atoms with van der Waals surface area (Å²) in [5, 5.41) is 0. The molecule has 5 nitrogen and oxygen atoms in total. The fourth-order valence-corrected chi connectivity index (χ4v) is 3.97. The molecule has 2 saturated heterocycles. The second-order valence-corrected chi connectivity index (χ2v) is 8.80. The number of fused-ring (bicyclic) bond motifs is 1. The van der Waals surface area contributed by atoms with Gasteiger partial charge in [-0.25, -0.2) is 0 Å². The molecule has 6 heteroatoms. The number of allylic oxidation sites excluding steroid dienone is 1. The lowest BCUT2D eigenvalue weighted by Crippen LogP contribution is -2.45. The van der Waals surface area contributed by atoms with Gasteiger partial charge in [0.2, 0.25) is 0 Å². The molecule has 3 heterocycles. The number of nitrogens with zero attached hydrogens (tertiary/aromatic N) is 2. The molecule has 0 aromatic carbocycles. The average Bonchev–Trinajstić information content (AvgIpc) is 3.04. The highest BCUT2D eigenvalue weighted by Gasteiger charge is 2.53. The predicted molar refractivity (Wildman–Crippen MR) is 104 cm³/mol. The number of rotatable bonds is 2. The van der Waals surface area contributed by atoms with Gasteiger partial charge in [-0.3, -0.25) is 4.98 Å². The quantitative estimate of drug-likeness (QED) is 0.761. The summed E-state index contributed by atoms with van der Waals surface area (Å²) in [6.45, 7) is 14.4. The van der Waals surface area contributed by atoms with E-state index in [-0.39, 0.29) is 30.5 Å². The van der Waals surface area contributed by atoms with Crippen LogP contribution in [-0.4, -0.2) is 48.6 Å². The number of ether oxygens (including phenoxy) is 1. The number of aromatic nitrogens is 1. The first kappa shape index (κ1) is 18.0. The van der Waals surface area contributed by atoms with Gasteiger partial charge in [0.1, 0.15) is 0 Å². The Bertz CT molecular complexity index is 721. The van der Waals surface area contributed by atoms with Gasteiger partial charge in [0.25, 0.3) is 0 Å². The van der Waals surface area contributed by atoms with Crippen molar-refractivity contribution in [2.24, 2.45) is 0 Å². The van der Waals surface area contributed by atoms with Crippen LogP contribution in [0, 0.1) is 0 Å². The molecule has 3 aliphatic rings. The fourth-order valence-electron chi connectivity index (χ4n) is 3.97. The maximum Gasteiger partial charge on any atom is 0.495 e. The van der Waals surface area contributed by atoms with E-state index in [9.17, 15) is 0 Å². The molecular formula is C20H29BN2O3. The Balaban J connectivity index is 1.61. The summed E-state index contributed by atoms with van der Waals surface area (Å²) in [4.78, 5) is 7.10. The molecule has 2 aliphatic heterocycles. The first-order chi connectivity index (χ1) is 12.2. The summed E-state index contributed by atoms with van der Waals surface area (Å²) in [5.74, 6) is 0. The van der Waals surface area contributed by atoms with Crippen LogP contribution in [0.2, 0.25) is 0 Å². The molecule has 26 heavy (non-hydrogen) atoms. The number of morpholine rings is 1. The monoisotopic (exact) mass is 356 g/mol. The molecule has 4 rings (SSSR count). The molecule has 1 aromatic heterocycles. The second-order valence-electron chi connectivity index (χ2n) is 8.80. The lowest BCUT2D eigenvalue weighted by Gasteiger charge is -2.36. The van der Waals surface area contributed by atoms with Crippen molar-refractivity contribution in [2.75, 3.05) is 18.0 Å². The van der Waals surface area contributed by atoms with Crippen LogP contribution in [0.25, 0.3) is 5.47 Å². The van der Waals surface area contributed by atoms with Crippen LogP contribution in [0.1, 0.15) is 52.8 Å². The normalized spacial score (nSPS) is 29.7. The van der Waals surface area contributed by atoms with Crippen molar-refractivity contribution in [1.29, 1.82) is 0 Å². The van der Waals surface area contributed by atoms with Gasteiger partial charge in [0.05, 0.1) is 41.0 Å². The Kier molecular flexibility index (Phi) is 4.21. The van der Waals surface area contributed by atoms with Crippen LogP contribution in [0.4, 0.5) is 5.69 Å². The minimum Gasteiger partial charge on any atom is -0.399 e. The second kappa shape index (κ2) is 6.08. The highest BCUT2D eigenvalue weighted by molar-refractivity contribution is 6.69. The van der Waals surface area contributed by atoms with Gasteiger partial charge in [0, 0.05) is 19.5 Å². The van der Waals surface area contributed by atoms with Crippen molar-refractivity contribution in [3.8, 4) is 0 Å². The average molecular weight is 356 g/mol. The molecule has 0 unspecified atom stereocenters. The van der Waals surface area contributed by atoms with E-state index in [2.05, 4.69) is 58.6 Å². The maximum absolute atomic E-state index is 6.27. The van der Waals surface area contributed by atoms with E-state index in [4.69, 9.17) is 19.0 Å². The number of hydrogen-bond donors (Lipinski definition) is 0. The lowest BCUT2D eigenvalue weighted by molar-refractivity contribution is -0.00523. The predicted octanol–water partition coefficient (Wildman–Crippen LogP) is 3.27. The highest BCUT2D eigenvalue weighted by Crippen LogP contribution is 2.42. The molecule has 0 amide bonds. The van der Waals surface area contributed by atoms with Gasteiger partial charge in [-0.2, -0.15) is 0 Å². The fraction of sp³-hybridized carbons (Fsp3) is 0.650. The molecule has 2 fully saturated rings. The standard InChI is InChI=1S/C20H29BN2O3/c1-13-11-23(12-14(2)24-13)15-9-16-17(7-8-18(16)22-10-15)21-25-19(3,4)20(5,6)26-21/h7,9-10,13-14H,8,11-12H2,1-6H3/t13-,14+. The molecule has 0 bridgehead atoms. The van der Waals surface area contributed by atoms with Gasteiger partial charge in [-0.15, -0.1) is 0 Å². The van der Waals surface area contributed by atoms with Crippen molar-refractivity contribution < 1.29 is 14.0 Å². The molecule has 2 atom stereocenters. The molecular weight excluding hydrogens is 327 g/mol. The summed E-state index contributed by atoms with van der Waals surface area (Å²) in [6, 6.07) is 2.25. The molecule has 1 aliphatic carbocycles. The summed E-state index contributed by atoms with van der Waals surface area (Å²) in [7, 11) is -0.333. The molecule has 0 radical (unpaired) electrons. The zero-order valence-corrected chi connectivity index (χ0v) is 16.7. The van der Waals surface area contributed by atoms with Crippen LogP contribution in [-0.2, 0) is 20.5 Å². The zero-order chi connectivity index (χ0) is 18.7. The first-order valence-corrected chi connectivity index (χ1v) is 9.62. The Morgan fingerprint density at radius 3 is 2.31 bits per heavy atom. The third kappa shape index (κ3) is 2.98. The van der Waals surface area contributed by atoms with Gasteiger partial charge in [-0.1, -0.05) is 6.08 Å². The van der Waals surface area contributed by atoms with E-state index in [0.717, 1.165) is 41.9 Å². The van der Waals surface area contributed by atoms with Gasteiger partial charge in [-0.05, 0) is 58.6 Å². The maximum atomic E-state index is 6.27. The van der Waals surface area contributed by atoms with Crippen LogP contribution in [0.3, 0.4) is 0 Å². The number of pyridine rings is 1. The lowest BCUT2D eigenvalue weighted by atomic mass is 9.75. The Morgan fingerprint density at radius 2 is 1.69 bits per heavy atom. The van der Waals surface area contributed by atoms with E-state index in [1.165, 1.54) is 0 Å². The summed E-state index contributed by atoms with van der Waals surface area (Å²) >= 11 is 0. The van der Waals surface area contributed by atoms with E-state index in [0.29, 0.717) is 0 Å². The van der Waals surface area contributed by atoms with Gasteiger partial charge >= 0.3 is 7.12 Å². The molecule has 1 aromatic rings. The highest BCUT2D eigenvalue weighted by atomic mass is 16.7. The van der Waals surface area contributed by atoms with Crippen molar-refractivity contribution >= 4 is 18.3 Å². The summed E-state index contributed by atoms with van der Waals surface area (Å²) in [5.41, 5.74) is 3.86. The third-order valence-corrected chi connectivity index (χ3v) is 6.07. The molecule has 0 N–H and O–H groups in total. The van der Waals surface area contributed by atoms with E-state index in [1.807, 2.05) is 6.20 Å². The van der Waals surface area contributed by atoms with Crippen molar-refractivity contribution in [2.45, 2.75) is 71.4 Å². The van der Waals surface area contributed by atoms with Crippen LogP contribution in [0.5, 0.6) is 0 Å². The van der Waals surface area contributed by atoms with E-state index >= 15 is 0 Å². The summed E-state index contributed by atoms with van der Waals surface area (Å²) < 4.78 is 18.4. The van der Waals surface area contributed by atoms with E-state index < -0.39 is 0 Å². The minimum absolute atomic E-state index is 0.227. The number of anilines is 1. The first-order valence-electron chi connectivity index (χ1n) is 9.62. The Hall–Kier alpha value is -1.37. The Labute approximate surface area is 156 Å². The van der Waals surface area contributed by atoms with Gasteiger partial charge < -0.3 is 18.9 Å². The van der Waals surface area contributed by atoms with Crippen LogP contribution < -0.4 is 4.90 Å². The largest absolute Gasteiger partial charge is 0.495 e. The molecule has 140 valence electrons. The minimum atomic E-state index is -0.333. The Morgan fingerprint density at radius 1 is 1.08 bits per heavy atom. The number of hydrogen-bond acceptors (Lipinski definition) is 5. The topological polar surface area (TPSA) is 43.8 Å². The summed E-state index contributed by atoms with van der Waals surface area (Å²) in [6.07, 6.45) is 5.49. The van der Waals surface area contributed by atoms with E-state index in [1.54, 1.807) is 0 Å². The van der Waals surface area contributed by atoms with Crippen molar-refractivity contribution in [3.05, 3.63) is 29.6 Å². The van der Waals surface area contributed by atoms with Crippen molar-refractivity contribution in [3.63, 3.8) is 0 Å². The molecule has 0 saturated carbocycles. The van der Waals surface area contributed by atoms with Crippen LogP contribution in [0.15, 0.2) is 18.3 Å². The SMILES string of the molecule is C[C@@H]1CN(c2cnc3c(c2)C(B2OC(C)(C)C(C)(C)O2)=CC3)C[C@H](C)O1. The van der Waals surface area contributed by atoms with Crippen molar-refractivity contribution in [1.82, 2.24) is 4.98 Å².